The van der Waals surface area contributed by atoms with Crippen molar-refractivity contribution in [1.82, 2.24) is 0 Å². The molecule has 1 aromatic rings. The van der Waals surface area contributed by atoms with E-state index in [1.54, 1.807) is 25.3 Å². The number of aliphatic hydroxyl groups is 2. The summed E-state index contributed by atoms with van der Waals surface area (Å²) < 4.78 is 30.4. The van der Waals surface area contributed by atoms with Crippen molar-refractivity contribution in [2.75, 3.05) is 13.7 Å². The molecule has 10 heteroatoms. The summed E-state index contributed by atoms with van der Waals surface area (Å²) in [5.41, 5.74) is 0.274. The molecule has 3 heterocycles. The third-order valence-electron chi connectivity index (χ3n) is 9.41. The summed E-state index contributed by atoms with van der Waals surface area (Å²) in [5, 5.41) is 31.4. The Morgan fingerprint density at radius 2 is 1.83 bits per heavy atom. The van der Waals surface area contributed by atoms with E-state index < -0.39 is 66.2 Å². The number of hydrogen-bond donors (Lipinski definition) is 3. The monoisotopic (exact) mass is 578 g/mol. The molecule has 3 aliphatic rings. The van der Waals surface area contributed by atoms with E-state index in [0.29, 0.717) is 19.3 Å². The van der Waals surface area contributed by atoms with Crippen LogP contribution in [0.25, 0.3) is 0 Å². The molecule has 1 spiro atoms. The summed E-state index contributed by atoms with van der Waals surface area (Å²) in [6.07, 6.45) is -1.06. The van der Waals surface area contributed by atoms with Gasteiger partial charge in [-0.3, -0.25) is 9.59 Å². The van der Waals surface area contributed by atoms with E-state index in [1.165, 1.54) is 0 Å². The van der Waals surface area contributed by atoms with Gasteiger partial charge in [-0.15, -0.1) is 0 Å². The van der Waals surface area contributed by atoms with Gasteiger partial charge in [-0.2, -0.15) is 0 Å². The average Bonchev–Trinajstić information content (AvgIpc) is 2.88. The van der Waals surface area contributed by atoms with Gasteiger partial charge in [0.2, 0.25) is 0 Å². The molecule has 0 radical (unpaired) electrons. The van der Waals surface area contributed by atoms with Crippen molar-refractivity contribution in [2.24, 2.45) is 23.2 Å². The predicted molar refractivity (Wildman–Crippen MR) is 147 cm³/mol. The maximum Gasteiger partial charge on any atom is 0.311 e. The van der Waals surface area contributed by atoms with E-state index in [9.17, 15) is 24.9 Å². The molecule has 0 aromatic heterocycles. The summed E-state index contributed by atoms with van der Waals surface area (Å²) in [6.45, 7) is 9.35. The number of phenolic OH excluding ortho intramolecular Hbond substituents is 1. The van der Waals surface area contributed by atoms with Gasteiger partial charge in [-0.1, -0.05) is 46.8 Å². The molecule has 1 unspecified atom stereocenters. The lowest BCUT2D eigenvalue weighted by Gasteiger charge is -2.61. The zero-order chi connectivity index (χ0) is 30.2. The standard InChI is InChI=1S/C31H46O10/c1-18(10-11-24(37-6)21-8-7-9-22(33)12-21)28-20(3)25-15-31(40-28)29(4,5)14-19(2)30(36,41-31)16-27(35)38-23(17-32)13-26(34)39-25/h7-9,12,18-20,23-25,28,32-33,36H,10-11,13-17H2,1-6H3/t18-,19+,20-,23+,24-,25?,28+,30-,31-/m0/s1. The Bertz CT molecular complexity index is 1090. The quantitative estimate of drug-likeness (QED) is 0.407. The Morgan fingerprint density at radius 1 is 1.10 bits per heavy atom. The van der Waals surface area contributed by atoms with E-state index in [-0.39, 0.29) is 36.5 Å². The second-order valence-corrected chi connectivity index (χ2v) is 12.9. The number of cyclic esters (lactones) is 1. The van der Waals surface area contributed by atoms with Crippen molar-refractivity contribution >= 4 is 11.9 Å². The highest BCUT2D eigenvalue weighted by molar-refractivity contribution is 5.73. The van der Waals surface area contributed by atoms with E-state index in [0.717, 1.165) is 5.56 Å². The Morgan fingerprint density at radius 3 is 2.49 bits per heavy atom. The third kappa shape index (κ3) is 6.57. The van der Waals surface area contributed by atoms with Gasteiger partial charge in [0.05, 0.1) is 31.7 Å². The second kappa shape index (κ2) is 12.2. The van der Waals surface area contributed by atoms with Crippen molar-refractivity contribution in [3.05, 3.63) is 29.8 Å². The van der Waals surface area contributed by atoms with E-state index in [1.807, 2.05) is 33.8 Å². The molecular weight excluding hydrogens is 532 g/mol. The highest BCUT2D eigenvalue weighted by Crippen LogP contribution is 2.57. The Hall–Kier alpha value is -2.24. The van der Waals surface area contributed by atoms with E-state index >= 15 is 0 Å². The molecule has 10 nitrogen and oxygen atoms in total. The Balaban J connectivity index is 1.65. The number of methoxy groups -OCH3 is 1. The molecule has 0 saturated carbocycles. The van der Waals surface area contributed by atoms with Crippen LogP contribution in [0.1, 0.15) is 84.8 Å². The van der Waals surface area contributed by atoms with Gasteiger partial charge in [-0.25, -0.2) is 0 Å². The maximum atomic E-state index is 13.0. The fourth-order valence-electron chi connectivity index (χ4n) is 6.84. The molecular formula is C31H46O10. The first-order valence-corrected chi connectivity index (χ1v) is 14.6. The van der Waals surface area contributed by atoms with Crippen LogP contribution < -0.4 is 0 Å². The Labute approximate surface area is 242 Å². The van der Waals surface area contributed by atoms with Crippen LogP contribution in [0.4, 0.5) is 0 Å². The van der Waals surface area contributed by atoms with Crippen molar-refractivity contribution in [3.63, 3.8) is 0 Å². The number of ether oxygens (including phenoxy) is 5. The number of carbonyl (C=O) groups is 2. The fourth-order valence-corrected chi connectivity index (χ4v) is 6.84. The molecule has 3 saturated heterocycles. The topological polar surface area (TPSA) is 141 Å². The number of carbonyl (C=O) groups excluding carboxylic acids is 2. The summed E-state index contributed by atoms with van der Waals surface area (Å²) in [4.78, 5) is 25.8. The number of phenols is 1. The predicted octanol–water partition coefficient (Wildman–Crippen LogP) is 4.00. The van der Waals surface area contributed by atoms with E-state index in [4.69, 9.17) is 23.7 Å². The second-order valence-electron chi connectivity index (χ2n) is 12.9. The van der Waals surface area contributed by atoms with Crippen LogP contribution in [-0.2, 0) is 33.3 Å². The molecule has 3 fully saturated rings. The zero-order valence-corrected chi connectivity index (χ0v) is 25.0. The largest absolute Gasteiger partial charge is 0.508 e. The lowest BCUT2D eigenvalue weighted by molar-refractivity contribution is -0.451. The van der Waals surface area contributed by atoms with Crippen molar-refractivity contribution in [1.29, 1.82) is 0 Å². The molecule has 230 valence electrons. The van der Waals surface area contributed by atoms with Crippen LogP contribution in [0.2, 0.25) is 0 Å². The summed E-state index contributed by atoms with van der Waals surface area (Å²) in [6, 6.07) is 7.01. The molecule has 0 amide bonds. The number of benzene rings is 1. The number of aromatic hydroxyl groups is 1. The van der Waals surface area contributed by atoms with Gasteiger partial charge in [-0.05, 0) is 42.9 Å². The van der Waals surface area contributed by atoms with Gasteiger partial charge in [0, 0.05) is 30.8 Å². The molecule has 3 aliphatic heterocycles. The first kappa shape index (κ1) is 31.7. The maximum absolute atomic E-state index is 13.0. The van der Waals surface area contributed by atoms with E-state index in [2.05, 4.69) is 6.92 Å². The lowest BCUT2D eigenvalue weighted by atomic mass is 9.66. The lowest BCUT2D eigenvalue weighted by Crippen LogP contribution is -2.68. The van der Waals surface area contributed by atoms with Gasteiger partial charge >= 0.3 is 11.9 Å². The average molecular weight is 579 g/mol. The summed E-state index contributed by atoms with van der Waals surface area (Å²) in [7, 11) is 1.64. The number of aliphatic hydroxyl groups excluding tert-OH is 1. The van der Waals surface area contributed by atoms with Crippen LogP contribution in [-0.4, -0.2) is 70.9 Å². The highest BCUT2D eigenvalue weighted by Gasteiger charge is 2.64. The smallest absolute Gasteiger partial charge is 0.311 e. The third-order valence-corrected chi connectivity index (χ3v) is 9.41. The van der Waals surface area contributed by atoms with Crippen LogP contribution in [0.3, 0.4) is 0 Å². The van der Waals surface area contributed by atoms with Crippen molar-refractivity contribution in [2.45, 2.75) is 109 Å². The van der Waals surface area contributed by atoms with Gasteiger partial charge < -0.3 is 39.0 Å². The molecule has 41 heavy (non-hydrogen) atoms. The van der Waals surface area contributed by atoms with Gasteiger partial charge in [0.15, 0.2) is 11.6 Å². The van der Waals surface area contributed by atoms with Crippen LogP contribution in [0.15, 0.2) is 24.3 Å². The van der Waals surface area contributed by atoms with Crippen LogP contribution >= 0.6 is 0 Å². The fraction of sp³-hybridized carbons (Fsp3) is 0.742. The number of esters is 2. The first-order chi connectivity index (χ1) is 19.2. The number of fused-ring (bicyclic) bond motifs is 2. The van der Waals surface area contributed by atoms with Crippen molar-refractivity contribution < 1.29 is 48.6 Å². The Kier molecular flexibility index (Phi) is 9.40. The normalized spacial score (nSPS) is 37.1. The SMILES string of the molecule is CO[C@@H](CC[C@H](C)[C@H]1O[C@@]23CC(OC(=O)C[C@H](CO)OC(=O)C[C@](O)(O2)[C@H](C)CC3(C)C)[C@@H]1C)c1cccc(O)c1. The minimum atomic E-state index is -1.87. The first-order valence-electron chi connectivity index (χ1n) is 14.6. The molecule has 0 aliphatic carbocycles. The zero-order valence-electron chi connectivity index (χ0n) is 25.0. The summed E-state index contributed by atoms with van der Waals surface area (Å²) in [5.74, 6) is -5.07. The molecule has 3 N–H and O–H groups in total. The van der Waals surface area contributed by atoms with Gasteiger partial charge in [0.1, 0.15) is 18.0 Å². The molecule has 3 bridgehead atoms. The minimum Gasteiger partial charge on any atom is -0.508 e. The van der Waals surface area contributed by atoms with Crippen LogP contribution in [0.5, 0.6) is 5.75 Å². The molecule has 4 rings (SSSR count). The molecule has 9 atom stereocenters. The minimum absolute atomic E-state index is 0.0340. The number of rotatable bonds is 7. The number of hydrogen-bond acceptors (Lipinski definition) is 10. The summed E-state index contributed by atoms with van der Waals surface area (Å²) >= 11 is 0. The van der Waals surface area contributed by atoms with Crippen LogP contribution in [0, 0.1) is 23.2 Å². The van der Waals surface area contributed by atoms with Crippen molar-refractivity contribution in [3.8, 4) is 5.75 Å². The van der Waals surface area contributed by atoms with Gasteiger partial charge in [0.25, 0.3) is 0 Å². The molecule has 1 aromatic carbocycles. The highest BCUT2D eigenvalue weighted by atomic mass is 16.8.